The second-order valence-corrected chi connectivity index (χ2v) is 8.90. The molecule has 35 heavy (non-hydrogen) atoms. The normalized spacial score (nSPS) is 11.1. The first-order valence-corrected chi connectivity index (χ1v) is 12.0. The number of imidazole rings is 1. The van der Waals surface area contributed by atoms with Crippen molar-refractivity contribution in [1.29, 1.82) is 0 Å². The lowest BCUT2D eigenvalue weighted by Gasteiger charge is -2.13. The molecular formula is C30H29N3O2. The minimum atomic E-state index is -0.136. The fourth-order valence-electron chi connectivity index (χ4n) is 4.46. The number of aryl methyl sites for hydroxylation is 2. The maximum Gasteiger partial charge on any atom is 0.257 e. The molecule has 0 aliphatic heterocycles. The molecule has 0 bridgehead atoms. The number of carbonyl (C=O) groups excluding carboxylic acids is 1. The Morgan fingerprint density at radius 3 is 2.66 bits per heavy atom. The number of hydrogen-bond donors (Lipinski definition) is 1. The maximum absolute atomic E-state index is 12.4. The average molecular weight is 464 g/mol. The van der Waals surface area contributed by atoms with Crippen LogP contribution in [0.15, 0.2) is 84.9 Å². The maximum atomic E-state index is 12.4. The zero-order valence-corrected chi connectivity index (χ0v) is 20.1. The lowest BCUT2D eigenvalue weighted by atomic mass is 10.0. The Labute approximate surface area is 205 Å². The monoisotopic (exact) mass is 463 g/mol. The van der Waals surface area contributed by atoms with Crippen LogP contribution in [0.4, 0.5) is 0 Å². The Hall–Kier alpha value is -4.12. The summed E-state index contributed by atoms with van der Waals surface area (Å²) < 4.78 is 8.00. The molecule has 0 unspecified atom stereocenters. The molecular weight excluding hydrogens is 434 g/mol. The number of nitrogens with zero attached hydrogens (tertiary/aromatic N) is 2. The first kappa shape index (κ1) is 22.7. The molecule has 1 heterocycles. The highest BCUT2D eigenvalue weighted by atomic mass is 16.5. The summed E-state index contributed by atoms with van der Waals surface area (Å²) in [4.78, 5) is 17.3. The van der Waals surface area contributed by atoms with Gasteiger partial charge in [0.05, 0.1) is 11.0 Å². The number of fused-ring (bicyclic) bond motifs is 2. The zero-order valence-electron chi connectivity index (χ0n) is 20.1. The van der Waals surface area contributed by atoms with E-state index in [-0.39, 0.29) is 12.5 Å². The number of para-hydroxylation sites is 2. The highest BCUT2D eigenvalue weighted by Crippen LogP contribution is 2.23. The van der Waals surface area contributed by atoms with E-state index < -0.39 is 0 Å². The van der Waals surface area contributed by atoms with Gasteiger partial charge in [0.1, 0.15) is 11.6 Å². The Bertz CT molecular complexity index is 1500. The van der Waals surface area contributed by atoms with E-state index >= 15 is 0 Å². The Kier molecular flexibility index (Phi) is 6.49. The number of benzene rings is 4. The molecule has 5 rings (SSSR count). The third-order valence-corrected chi connectivity index (χ3v) is 6.32. The van der Waals surface area contributed by atoms with E-state index in [1.165, 1.54) is 16.3 Å². The van der Waals surface area contributed by atoms with Gasteiger partial charge in [0.15, 0.2) is 6.61 Å². The molecule has 0 fully saturated rings. The molecule has 1 N–H and O–H groups in total. The van der Waals surface area contributed by atoms with Crippen molar-refractivity contribution in [1.82, 2.24) is 14.9 Å². The third kappa shape index (κ3) is 5.04. The topological polar surface area (TPSA) is 56.1 Å². The van der Waals surface area contributed by atoms with E-state index in [1.807, 2.05) is 50.2 Å². The first-order chi connectivity index (χ1) is 17.1. The van der Waals surface area contributed by atoms with E-state index in [0.717, 1.165) is 40.3 Å². The van der Waals surface area contributed by atoms with Crippen molar-refractivity contribution in [2.24, 2.45) is 0 Å². The van der Waals surface area contributed by atoms with E-state index in [4.69, 9.17) is 9.72 Å². The Morgan fingerprint density at radius 2 is 1.74 bits per heavy atom. The molecule has 176 valence electrons. The van der Waals surface area contributed by atoms with Crippen molar-refractivity contribution in [3.05, 3.63) is 107 Å². The van der Waals surface area contributed by atoms with Gasteiger partial charge in [-0.15, -0.1) is 0 Å². The van der Waals surface area contributed by atoms with Gasteiger partial charge in [0.25, 0.3) is 5.91 Å². The van der Waals surface area contributed by atoms with Crippen LogP contribution in [0.1, 0.15) is 22.5 Å². The molecule has 0 atom stereocenters. The second-order valence-electron chi connectivity index (χ2n) is 8.90. The van der Waals surface area contributed by atoms with Gasteiger partial charge in [0.2, 0.25) is 0 Å². The van der Waals surface area contributed by atoms with Gasteiger partial charge in [-0.25, -0.2) is 4.98 Å². The van der Waals surface area contributed by atoms with Gasteiger partial charge < -0.3 is 14.6 Å². The number of aromatic nitrogens is 2. The summed E-state index contributed by atoms with van der Waals surface area (Å²) in [6.07, 6.45) is 0.634. The van der Waals surface area contributed by atoms with Gasteiger partial charge >= 0.3 is 0 Å². The van der Waals surface area contributed by atoms with Crippen molar-refractivity contribution in [2.75, 3.05) is 13.2 Å². The van der Waals surface area contributed by atoms with Crippen LogP contribution in [0.5, 0.6) is 5.75 Å². The van der Waals surface area contributed by atoms with Gasteiger partial charge in [-0.2, -0.15) is 0 Å². The lowest BCUT2D eigenvalue weighted by Crippen LogP contribution is -2.31. The van der Waals surface area contributed by atoms with Crippen LogP contribution < -0.4 is 10.1 Å². The number of carbonyl (C=O) groups is 1. The fourth-order valence-corrected chi connectivity index (χ4v) is 4.46. The van der Waals surface area contributed by atoms with Crippen LogP contribution in [0.25, 0.3) is 21.8 Å². The van der Waals surface area contributed by atoms with E-state index in [0.29, 0.717) is 13.0 Å². The summed E-state index contributed by atoms with van der Waals surface area (Å²) in [5, 5.41) is 5.46. The van der Waals surface area contributed by atoms with Crippen LogP contribution >= 0.6 is 0 Å². The summed E-state index contributed by atoms with van der Waals surface area (Å²) in [6, 6.07) is 29.1. The average Bonchev–Trinajstić information content (AvgIpc) is 3.22. The molecule has 5 nitrogen and oxygen atoms in total. The number of ether oxygens (including phenoxy) is 1. The summed E-state index contributed by atoms with van der Waals surface area (Å²) in [7, 11) is 0. The molecule has 4 aromatic carbocycles. The highest BCUT2D eigenvalue weighted by molar-refractivity contribution is 5.86. The minimum Gasteiger partial charge on any atom is -0.483 e. The molecule has 1 aromatic heterocycles. The van der Waals surface area contributed by atoms with E-state index in [2.05, 4.69) is 58.4 Å². The van der Waals surface area contributed by atoms with Crippen LogP contribution in [0.3, 0.4) is 0 Å². The third-order valence-electron chi connectivity index (χ3n) is 6.32. The van der Waals surface area contributed by atoms with Crippen molar-refractivity contribution in [2.45, 2.75) is 26.8 Å². The molecule has 0 aliphatic carbocycles. The number of amides is 1. The zero-order chi connectivity index (χ0) is 24.2. The molecule has 0 radical (unpaired) electrons. The molecule has 5 aromatic rings. The highest BCUT2D eigenvalue weighted by Gasteiger charge is 2.13. The summed E-state index contributed by atoms with van der Waals surface area (Å²) in [5.41, 5.74) is 5.44. The van der Waals surface area contributed by atoms with Crippen LogP contribution in [-0.4, -0.2) is 28.6 Å². The Balaban J connectivity index is 1.29. The van der Waals surface area contributed by atoms with E-state index in [1.54, 1.807) is 0 Å². The second kappa shape index (κ2) is 10.0. The van der Waals surface area contributed by atoms with Crippen molar-refractivity contribution >= 4 is 27.7 Å². The molecule has 0 saturated heterocycles. The molecule has 0 aliphatic rings. The predicted molar refractivity (Wildman–Crippen MR) is 141 cm³/mol. The van der Waals surface area contributed by atoms with Gasteiger partial charge in [-0.1, -0.05) is 66.7 Å². The number of rotatable bonds is 8. The van der Waals surface area contributed by atoms with Crippen LogP contribution in [0.2, 0.25) is 0 Å². The molecule has 0 spiro atoms. The number of nitrogens with one attached hydrogen (secondary N) is 1. The molecule has 5 heteroatoms. The quantitative estimate of drug-likeness (QED) is 0.326. The van der Waals surface area contributed by atoms with Crippen LogP contribution in [0, 0.1) is 13.8 Å². The Morgan fingerprint density at radius 1 is 0.943 bits per heavy atom. The van der Waals surface area contributed by atoms with E-state index in [9.17, 15) is 4.79 Å². The number of hydrogen-bond acceptors (Lipinski definition) is 3. The largest absolute Gasteiger partial charge is 0.483 e. The first-order valence-electron chi connectivity index (χ1n) is 12.0. The fraction of sp³-hybridized carbons (Fsp3) is 0.200. The van der Waals surface area contributed by atoms with Gasteiger partial charge in [-0.3, -0.25) is 4.79 Å². The standard InChI is InChI=1S/C30H29N3O2/c1-21-14-15-22(2)28(18-21)35-20-30(34)31-17-16-29-32-26-12-5-6-13-27(26)33(29)19-24-10-7-9-23-8-3-4-11-25(23)24/h3-15,18H,16-17,19-20H2,1-2H3,(H,31,34). The summed E-state index contributed by atoms with van der Waals surface area (Å²) >= 11 is 0. The minimum absolute atomic E-state index is 0.00326. The SMILES string of the molecule is Cc1ccc(C)c(OCC(=O)NCCc2nc3ccccc3n2Cc2cccc3ccccc23)c1. The van der Waals surface area contributed by atoms with Crippen molar-refractivity contribution in [3.63, 3.8) is 0 Å². The van der Waals surface area contributed by atoms with Crippen molar-refractivity contribution < 1.29 is 9.53 Å². The molecule has 0 saturated carbocycles. The summed E-state index contributed by atoms with van der Waals surface area (Å²) in [6.45, 7) is 5.20. The van der Waals surface area contributed by atoms with Crippen LogP contribution in [-0.2, 0) is 17.8 Å². The van der Waals surface area contributed by atoms with Gasteiger partial charge in [0, 0.05) is 19.5 Å². The predicted octanol–water partition coefficient (Wildman–Crippen LogP) is 5.59. The summed E-state index contributed by atoms with van der Waals surface area (Å²) in [5.74, 6) is 1.56. The van der Waals surface area contributed by atoms with Crippen molar-refractivity contribution in [3.8, 4) is 5.75 Å². The molecule has 1 amide bonds. The smallest absolute Gasteiger partial charge is 0.257 e. The van der Waals surface area contributed by atoms with Gasteiger partial charge in [-0.05, 0) is 59.5 Å². The lowest BCUT2D eigenvalue weighted by molar-refractivity contribution is -0.123.